The lowest BCUT2D eigenvalue weighted by Crippen LogP contribution is -2.54. The van der Waals surface area contributed by atoms with Crippen LogP contribution < -0.4 is 5.32 Å². The molecular formula is C14H24N4O. The highest BCUT2D eigenvalue weighted by Crippen LogP contribution is 2.23. The van der Waals surface area contributed by atoms with E-state index in [0.717, 1.165) is 25.9 Å². The number of hydrogen-bond donors (Lipinski definition) is 1. The van der Waals surface area contributed by atoms with Crippen LogP contribution in [0.25, 0.3) is 0 Å². The molecule has 5 nitrogen and oxygen atoms in total. The van der Waals surface area contributed by atoms with Crippen LogP contribution in [-0.4, -0.2) is 45.3 Å². The molecule has 0 aromatic carbocycles. The summed E-state index contributed by atoms with van der Waals surface area (Å²) in [7, 11) is 1.83. The summed E-state index contributed by atoms with van der Waals surface area (Å²) in [4.78, 5) is 14.2. The Bertz CT molecular complexity index is 444. The maximum atomic E-state index is 12.3. The summed E-state index contributed by atoms with van der Waals surface area (Å²) >= 11 is 0. The van der Waals surface area contributed by atoms with Gasteiger partial charge in [-0.3, -0.25) is 9.48 Å². The maximum Gasteiger partial charge on any atom is 0.257 e. The largest absolute Gasteiger partial charge is 0.338 e. The minimum Gasteiger partial charge on any atom is -0.338 e. The van der Waals surface area contributed by atoms with Gasteiger partial charge in [-0.05, 0) is 19.8 Å². The van der Waals surface area contributed by atoms with Crippen molar-refractivity contribution in [3.8, 4) is 0 Å². The Kier molecular flexibility index (Phi) is 3.94. The highest BCUT2D eigenvalue weighted by atomic mass is 16.2. The van der Waals surface area contributed by atoms with E-state index in [4.69, 9.17) is 0 Å². The van der Waals surface area contributed by atoms with Crippen molar-refractivity contribution < 1.29 is 4.79 Å². The van der Waals surface area contributed by atoms with E-state index in [0.29, 0.717) is 11.6 Å². The number of hydrogen-bond acceptors (Lipinski definition) is 3. The highest BCUT2D eigenvalue weighted by molar-refractivity contribution is 5.93. The summed E-state index contributed by atoms with van der Waals surface area (Å²) in [6.45, 7) is 8.20. The fourth-order valence-electron chi connectivity index (χ4n) is 2.76. The normalized spacial score (nSPS) is 18.9. The summed E-state index contributed by atoms with van der Waals surface area (Å²) in [6, 6.07) is 0.477. The number of rotatable bonds is 3. The molecule has 1 fully saturated rings. The molecule has 5 heteroatoms. The quantitative estimate of drug-likeness (QED) is 0.898. The second kappa shape index (κ2) is 5.33. The van der Waals surface area contributed by atoms with Crippen LogP contribution >= 0.6 is 0 Å². The maximum absolute atomic E-state index is 12.3. The zero-order valence-electron chi connectivity index (χ0n) is 12.3. The lowest BCUT2D eigenvalue weighted by Gasteiger charge is -2.41. The molecule has 0 atom stereocenters. The topological polar surface area (TPSA) is 50.2 Å². The Hall–Kier alpha value is -1.36. The van der Waals surface area contributed by atoms with E-state index in [1.807, 2.05) is 11.9 Å². The van der Waals surface area contributed by atoms with E-state index in [2.05, 4.69) is 31.2 Å². The molecule has 0 aliphatic carbocycles. The van der Waals surface area contributed by atoms with Crippen LogP contribution in [0.3, 0.4) is 0 Å². The molecule has 1 saturated heterocycles. The number of carbonyl (C=O) groups is 1. The molecule has 1 aromatic rings. The third kappa shape index (κ3) is 3.35. The minimum absolute atomic E-state index is 0.0969. The Morgan fingerprint density at radius 1 is 1.42 bits per heavy atom. The third-order valence-corrected chi connectivity index (χ3v) is 3.74. The van der Waals surface area contributed by atoms with Gasteiger partial charge in [-0.1, -0.05) is 13.8 Å². The Morgan fingerprint density at radius 3 is 2.53 bits per heavy atom. The van der Waals surface area contributed by atoms with E-state index in [-0.39, 0.29) is 11.4 Å². The number of piperidine rings is 1. The van der Waals surface area contributed by atoms with Gasteiger partial charge in [-0.25, -0.2) is 0 Å². The Labute approximate surface area is 115 Å². The summed E-state index contributed by atoms with van der Waals surface area (Å²) in [5.74, 6) is 0.0969. The number of carbonyl (C=O) groups excluding carboxylic acids is 1. The van der Waals surface area contributed by atoms with Crippen molar-refractivity contribution in [2.24, 2.45) is 7.05 Å². The SMILES string of the molecule is CC(C)NC1(C)CCN(C(=O)c2cnn(C)c2)CC1. The molecule has 1 aromatic heterocycles. The summed E-state index contributed by atoms with van der Waals surface area (Å²) in [5, 5.41) is 7.66. The molecule has 1 N–H and O–H groups in total. The van der Waals surface area contributed by atoms with E-state index in [1.165, 1.54) is 0 Å². The van der Waals surface area contributed by atoms with Crippen LogP contribution in [0.5, 0.6) is 0 Å². The number of aromatic nitrogens is 2. The average molecular weight is 264 g/mol. The smallest absolute Gasteiger partial charge is 0.257 e. The van der Waals surface area contributed by atoms with Crippen LogP contribution in [-0.2, 0) is 7.05 Å². The molecule has 0 spiro atoms. The molecule has 0 bridgehead atoms. The first-order valence-corrected chi connectivity index (χ1v) is 6.95. The first-order chi connectivity index (χ1) is 8.89. The molecule has 2 rings (SSSR count). The average Bonchev–Trinajstić information content (AvgIpc) is 2.74. The lowest BCUT2D eigenvalue weighted by molar-refractivity contribution is 0.0649. The van der Waals surface area contributed by atoms with Gasteiger partial charge in [0.25, 0.3) is 5.91 Å². The molecule has 0 unspecified atom stereocenters. The number of amides is 1. The van der Waals surface area contributed by atoms with Crippen LogP contribution in [0.15, 0.2) is 12.4 Å². The van der Waals surface area contributed by atoms with Crippen molar-refractivity contribution in [2.45, 2.75) is 45.2 Å². The monoisotopic (exact) mass is 264 g/mol. The van der Waals surface area contributed by atoms with Gasteiger partial charge in [-0.2, -0.15) is 5.10 Å². The van der Waals surface area contributed by atoms with Crippen molar-refractivity contribution in [3.63, 3.8) is 0 Å². The van der Waals surface area contributed by atoms with Crippen LogP contribution in [0.4, 0.5) is 0 Å². The highest BCUT2D eigenvalue weighted by Gasteiger charge is 2.32. The third-order valence-electron chi connectivity index (χ3n) is 3.74. The Morgan fingerprint density at radius 2 is 2.05 bits per heavy atom. The van der Waals surface area contributed by atoms with Crippen molar-refractivity contribution in [1.82, 2.24) is 20.0 Å². The van der Waals surface area contributed by atoms with Crippen molar-refractivity contribution in [1.29, 1.82) is 0 Å². The first kappa shape index (κ1) is 14.1. The number of likely N-dealkylation sites (tertiary alicyclic amines) is 1. The molecular weight excluding hydrogens is 240 g/mol. The van der Waals surface area contributed by atoms with Gasteiger partial charge in [0.2, 0.25) is 0 Å². The van der Waals surface area contributed by atoms with Gasteiger partial charge in [0.05, 0.1) is 11.8 Å². The van der Waals surface area contributed by atoms with E-state index < -0.39 is 0 Å². The Balaban J connectivity index is 1.94. The predicted molar refractivity (Wildman–Crippen MR) is 75.0 cm³/mol. The summed E-state index contributed by atoms with van der Waals surface area (Å²) < 4.78 is 1.67. The van der Waals surface area contributed by atoms with Gasteiger partial charge in [-0.15, -0.1) is 0 Å². The molecule has 106 valence electrons. The van der Waals surface area contributed by atoms with Gasteiger partial charge >= 0.3 is 0 Å². The van der Waals surface area contributed by atoms with Gasteiger partial charge in [0.1, 0.15) is 0 Å². The molecule has 1 amide bonds. The molecule has 0 radical (unpaired) electrons. The van der Waals surface area contributed by atoms with E-state index >= 15 is 0 Å². The fraction of sp³-hybridized carbons (Fsp3) is 0.714. The molecule has 1 aliphatic rings. The van der Waals surface area contributed by atoms with Crippen molar-refractivity contribution >= 4 is 5.91 Å². The number of aryl methyl sites for hydroxylation is 1. The molecule has 1 aliphatic heterocycles. The van der Waals surface area contributed by atoms with Crippen molar-refractivity contribution in [3.05, 3.63) is 18.0 Å². The minimum atomic E-state index is 0.0969. The predicted octanol–water partition coefficient (Wildman–Crippen LogP) is 1.41. The summed E-state index contributed by atoms with van der Waals surface area (Å²) in [5.41, 5.74) is 0.836. The zero-order valence-corrected chi connectivity index (χ0v) is 12.3. The van der Waals surface area contributed by atoms with Crippen molar-refractivity contribution in [2.75, 3.05) is 13.1 Å². The lowest BCUT2D eigenvalue weighted by atomic mass is 9.88. The molecule has 0 saturated carbocycles. The van der Waals surface area contributed by atoms with E-state index in [1.54, 1.807) is 17.1 Å². The fourth-order valence-corrected chi connectivity index (χ4v) is 2.76. The number of nitrogens with zero attached hydrogens (tertiary/aromatic N) is 3. The van der Waals surface area contributed by atoms with E-state index in [9.17, 15) is 4.79 Å². The second-order valence-corrected chi connectivity index (χ2v) is 6.05. The van der Waals surface area contributed by atoms with Crippen LogP contribution in [0, 0.1) is 0 Å². The van der Waals surface area contributed by atoms with Gasteiger partial charge in [0.15, 0.2) is 0 Å². The second-order valence-electron chi connectivity index (χ2n) is 6.05. The first-order valence-electron chi connectivity index (χ1n) is 6.95. The summed E-state index contributed by atoms with van der Waals surface area (Å²) in [6.07, 6.45) is 5.42. The van der Waals surface area contributed by atoms with Crippen LogP contribution in [0.1, 0.15) is 44.0 Å². The number of nitrogens with one attached hydrogen (secondary N) is 1. The van der Waals surface area contributed by atoms with Gasteiger partial charge in [0, 0.05) is 37.9 Å². The van der Waals surface area contributed by atoms with Crippen LogP contribution in [0.2, 0.25) is 0 Å². The van der Waals surface area contributed by atoms with Gasteiger partial charge < -0.3 is 10.2 Å². The molecule has 2 heterocycles. The zero-order chi connectivity index (χ0) is 14.0. The standard InChI is InChI=1S/C14H24N4O/c1-11(2)16-14(3)5-7-18(8-6-14)13(19)12-9-15-17(4)10-12/h9-11,16H,5-8H2,1-4H3. The molecule has 19 heavy (non-hydrogen) atoms.